The first kappa shape index (κ1) is 30.7. The minimum absolute atomic E-state index is 0.0219. The molecule has 0 saturated heterocycles. The molecule has 0 N–H and O–H groups in total. The van der Waals surface area contributed by atoms with E-state index in [4.69, 9.17) is 0 Å². The van der Waals surface area contributed by atoms with Crippen molar-refractivity contribution in [2.24, 2.45) is 0 Å². The van der Waals surface area contributed by atoms with Crippen LogP contribution in [0.3, 0.4) is 0 Å². The van der Waals surface area contributed by atoms with Crippen molar-refractivity contribution in [3.8, 4) is 44.9 Å². The summed E-state index contributed by atoms with van der Waals surface area (Å²) in [6.07, 6.45) is 0. The summed E-state index contributed by atoms with van der Waals surface area (Å²) in [5.74, 6) is 0. The van der Waals surface area contributed by atoms with Crippen molar-refractivity contribution in [2.45, 2.75) is 12.3 Å². The third-order valence-electron chi connectivity index (χ3n) is 14.7. The number of benzene rings is 9. The number of aromatic nitrogens is 2. The van der Waals surface area contributed by atoms with Crippen LogP contribution < -0.4 is 16.4 Å². The van der Waals surface area contributed by atoms with Gasteiger partial charge in [-0.15, -0.1) is 0 Å². The quantitative estimate of drug-likeness (QED) is 0.156. The highest BCUT2D eigenvalue weighted by molar-refractivity contribution is 7.01. The van der Waals surface area contributed by atoms with Gasteiger partial charge < -0.3 is 9.13 Å². The lowest BCUT2D eigenvalue weighted by Gasteiger charge is -2.44. The molecule has 0 bridgehead atoms. The Hall–Kier alpha value is -7.36. The number of rotatable bonds is 2. The second kappa shape index (κ2) is 10.4. The standard InChI is InChI=1S/C56H33BN2/c1-32-35-20-8-9-23-38(35)49-55-47(32)48(33-16-4-2-5-17-33)51(34-18-6-3-7-19-34)58(55)46-31-30-44-54-50(46)57(49)45-29-15-25-40-39-24-14-28-43(52(39)59(54)53(40)45)56(44)41-26-12-10-21-36(41)37-22-11-13-27-42(37)56/h2-31H,1H3. The van der Waals surface area contributed by atoms with Crippen molar-refractivity contribution in [2.75, 3.05) is 0 Å². The first-order chi connectivity index (χ1) is 29.3. The van der Waals surface area contributed by atoms with Crippen LogP contribution in [-0.2, 0) is 5.41 Å². The molecule has 11 aromatic rings. The maximum absolute atomic E-state index is 2.71. The predicted octanol–water partition coefficient (Wildman–Crippen LogP) is 11.3. The fourth-order valence-electron chi connectivity index (χ4n) is 12.7. The van der Waals surface area contributed by atoms with E-state index in [1.165, 1.54) is 133 Å². The molecule has 4 aliphatic rings. The average Bonchev–Trinajstić information content (AvgIpc) is 3.94. The Balaban J connectivity index is 1.23. The molecule has 0 fully saturated rings. The van der Waals surface area contributed by atoms with Crippen LogP contribution in [0.4, 0.5) is 0 Å². The maximum atomic E-state index is 2.71. The Morgan fingerprint density at radius 1 is 0.424 bits per heavy atom. The van der Waals surface area contributed by atoms with Crippen LogP contribution in [0.15, 0.2) is 182 Å². The zero-order valence-electron chi connectivity index (χ0n) is 32.3. The van der Waals surface area contributed by atoms with E-state index in [0.717, 1.165) is 0 Å². The third-order valence-corrected chi connectivity index (χ3v) is 14.7. The Morgan fingerprint density at radius 3 is 1.76 bits per heavy atom. The van der Waals surface area contributed by atoms with E-state index in [1.54, 1.807) is 0 Å². The third kappa shape index (κ3) is 3.30. The Kier molecular flexibility index (Phi) is 5.41. The van der Waals surface area contributed by atoms with Gasteiger partial charge in [-0.2, -0.15) is 0 Å². The van der Waals surface area contributed by atoms with Gasteiger partial charge in [-0.3, -0.25) is 0 Å². The van der Waals surface area contributed by atoms with Crippen molar-refractivity contribution in [1.82, 2.24) is 9.13 Å². The predicted molar refractivity (Wildman–Crippen MR) is 246 cm³/mol. The normalized spacial score (nSPS) is 14.3. The van der Waals surface area contributed by atoms with Crippen LogP contribution in [-0.4, -0.2) is 15.8 Å². The summed E-state index contributed by atoms with van der Waals surface area (Å²) < 4.78 is 5.39. The van der Waals surface area contributed by atoms with E-state index in [0.29, 0.717) is 0 Å². The van der Waals surface area contributed by atoms with Gasteiger partial charge in [0.1, 0.15) is 0 Å². The zero-order valence-corrected chi connectivity index (χ0v) is 32.3. The van der Waals surface area contributed by atoms with Gasteiger partial charge in [-0.25, -0.2) is 0 Å². The highest BCUT2D eigenvalue weighted by atomic mass is 15.1. The van der Waals surface area contributed by atoms with Crippen LogP contribution >= 0.6 is 0 Å². The van der Waals surface area contributed by atoms with Gasteiger partial charge in [0.15, 0.2) is 0 Å². The van der Waals surface area contributed by atoms with Crippen LogP contribution in [0.25, 0.3) is 88.4 Å². The van der Waals surface area contributed by atoms with Gasteiger partial charge in [0.05, 0.1) is 22.1 Å². The molecule has 5 heterocycles. The largest absolute Gasteiger partial charge is 0.310 e. The molecular formula is C56H33BN2. The van der Waals surface area contributed by atoms with Crippen LogP contribution in [0.2, 0.25) is 0 Å². The second-order valence-corrected chi connectivity index (χ2v) is 17.0. The fraction of sp³-hybridized carbons (Fsp3) is 0.0357. The first-order valence-corrected chi connectivity index (χ1v) is 20.9. The van der Waals surface area contributed by atoms with Crippen LogP contribution in [0.1, 0.15) is 27.8 Å². The smallest absolute Gasteiger partial charge is 0.253 e. The lowest BCUT2D eigenvalue weighted by Crippen LogP contribution is -2.60. The van der Waals surface area contributed by atoms with Crippen molar-refractivity contribution in [3.05, 3.63) is 210 Å². The molecule has 3 heteroatoms. The fourth-order valence-corrected chi connectivity index (χ4v) is 12.7. The van der Waals surface area contributed by atoms with E-state index >= 15 is 0 Å². The Morgan fingerprint density at radius 2 is 1.02 bits per heavy atom. The Bertz CT molecular complexity index is 3690. The number of hydrogen-bond donors (Lipinski definition) is 0. The van der Waals surface area contributed by atoms with E-state index in [2.05, 4.69) is 198 Å². The van der Waals surface area contributed by atoms with Gasteiger partial charge in [-0.1, -0.05) is 176 Å². The Labute approximate surface area is 341 Å². The molecular weight excluding hydrogens is 711 g/mol. The van der Waals surface area contributed by atoms with E-state index in [9.17, 15) is 0 Å². The summed E-state index contributed by atoms with van der Waals surface area (Å²) in [6.45, 7) is 2.38. The van der Waals surface area contributed by atoms with Crippen molar-refractivity contribution >= 4 is 66.6 Å². The first-order valence-electron chi connectivity index (χ1n) is 20.9. The summed E-state index contributed by atoms with van der Waals surface area (Å²) in [4.78, 5) is 0. The van der Waals surface area contributed by atoms with Gasteiger partial charge in [0.25, 0.3) is 6.71 Å². The van der Waals surface area contributed by atoms with Gasteiger partial charge in [-0.05, 0) is 90.2 Å². The molecule has 0 saturated carbocycles. The summed E-state index contributed by atoms with van der Waals surface area (Å²) in [5, 5.41) is 6.68. The summed E-state index contributed by atoms with van der Waals surface area (Å²) in [7, 11) is 0. The molecule has 9 aromatic carbocycles. The number of para-hydroxylation sites is 2. The molecule has 1 aliphatic carbocycles. The molecule has 0 atom stereocenters. The molecule has 0 amide bonds. The number of aryl methyl sites for hydroxylation is 1. The molecule has 1 spiro atoms. The summed E-state index contributed by atoms with van der Waals surface area (Å²) in [6, 6.07) is 69.2. The maximum Gasteiger partial charge on any atom is 0.253 e. The van der Waals surface area contributed by atoms with E-state index in [1.807, 2.05) is 0 Å². The summed E-state index contributed by atoms with van der Waals surface area (Å²) >= 11 is 0. The summed E-state index contributed by atoms with van der Waals surface area (Å²) in [5.41, 5.74) is 24.9. The van der Waals surface area contributed by atoms with Crippen molar-refractivity contribution in [1.29, 1.82) is 0 Å². The number of hydrogen-bond acceptors (Lipinski definition) is 0. The zero-order chi connectivity index (χ0) is 38.3. The molecule has 2 nitrogen and oxygen atoms in total. The second-order valence-electron chi connectivity index (χ2n) is 17.0. The van der Waals surface area contributed by atoms with Gasteiger partial charge in [0.2, 0.25) is 0 Å². The van der Waals surface area contributed by atoms with Gasteiger partial charge >= 0.3 is 0 Å². The van der Waals surface area contributed by atoms with Crippen LogP contribution in [0.5, 0.6) is 0 Å². The van der Waals surface area contributed by atoms with Gasteiger partial charge in [0, 0.05) is 38.6 Å². The molecule has 59 heavy (non-hydrogen) atoms. The highest BCUT2D eigenvalue weighted by Crippen LogP contribution is 2.61. The average molecular weight is 745 g/mol. The van der Waals surface area contributed by atoms with Crippen LogP contribution in [0, 0.1) is 6.92 Å². The molecule has 3 aliphatic heterocycles. The number of nitrogens with zero attached hydrogens (tertiary/aromatic N) is 2. The minimum atomic E-state index is -0.484. The van der Waals surface area contributed by atoms with Crippen molar-refractivity contribution in [3.63, 3.8) is 0 Å². The monoisotopic (exact) mass is 744 g/mol. The highest BCUT2D eigenvalue weighted by Gasteiger charge is 2.54. The number of fused-ring (bicyclic) bond motifs is 13. The molecule has 2 aromatic heterocycles. The van der Waals surface area contributed by atoms with E-state index < -0.39 is 5.41 Å². The lowest BCUT2D eigenvalue weighted by molar-refractivity contribution is 0.749. The van der Waals surface area contributed by atoms with E-state index in [-0.39, 0.29) is 6.71 Å². The van der Waals surface area contributed by atoms with Crippen molar-refractivity contribution < 1.29 is 0 Å². The minimum Gasteiger partial charge on any atom is -0.310 e. The molecule has 0 unspecified atom stereocenters. The lowest BCUT2D eigenvalue weighted by atomic mass is 9.33. The SMILES string of the molecule is Cc1c2ccccc2c2c3c1c(-c1ccccc1)c(-c1ccccc1)n3-c1ccc3c4c1B2c1cccc2c5cccc(c5n-4c12)C31c2ccccc2-c2ccccc21. The molecule has 0 radical (unpaired) electrons. The molecule has 15 rings (SSSR count). The topological polar surface area (TPSA) is 9.86 Å². The molecule has 270 valence electrons.